The normalized spacial score (nSPS) is 18.0. The number of anilines is 1. The first-order valence-corrected chi connectivity index (χ1v) is 8.15. The number of nitrogens with zero attached hydrogens (tertiary/aromatic N) is 2. The van der Waals surface area contributed by atoms with Crippen LogP contribution in [-0.4, -0.2) is 28.6 Å². The first-order chi connectivity index (χ1) is 11.1. The fraction of sp³-hybridized carbons (Fsp3) is 0.368. The van der Waals surface area contributed by atoms with Gasteiger partial charge in [0.05, 0.1) is 0 Å². The molecule has 0 spiro atoms. The highest BCUT2D eigenvalue weighted by Crippen LogP contribution is 2.33. The molecule has 1 aliphatic rings. The van der Waals surface area contributed by atoms with Crippen LogP contribution >= 0.6 is 0 Å². The van der Waals surface area contributed by atoms with Crippen LogP contribution in [0.15, 0.2) is 36.4 Å². The van der Waals surface area contributed by atoms with Crippen LogP contribution in [-0.2, 0) is 0 Å². The molecule has 0 bridgehead atoms. The summed E-state index contributed by atoms with van der Waals surface area (Å²) in [7, 11) is 0. The molecular formula is C19H22N2O2. The number of piperidine rings is 1. The van der Waals surface area contributed by atoms with Crippen molar-refractivity contribution in [2.75, 3.05) is 11.4 Å². The van der Waals surface area contributed by atoms with Gasteiger partial charge in [-0.2, -0.15) is 0 Å². The predicted molar refractivity (Wildman–Crippen MR) is 92.0 cm³/mol. The highest BCUT2D eigenvalue weighted by atomic mass is 16.4. The molecule has 2 aromatic rings. The number of aromatic nitrogens is 1. The second-order valence-corrected chi connectivity index (χ2v) is 6.22. The average molecular weight is 310 g/mol. The average Bonchev–Trinajstić information content (AvgIpc) is 2.55. The third kappa shape index (κ3) is 3.07. The molecule has 1 saturated heterocycles. The van der Waals surface area contributed by atoms with Crippen molar-refractivity contribution in [1.82, 2.24) is 4.98 Å². The summed E-state index contributed by atoms with van der Waals surface area (Å²) in [6.07, 6.45) is 3.35. The molecule has 120 valence electrons. The second-order valence-electron chi connectivity index (χ2n) is 6.22. The smallest absolute Gasteiger partial charge is 0.340 e. The Kier molecular flexibility index (Phi) is 4.33. The number of carboxylic acid groups (broad SMARTS) is 1. The van der Waals surface area contributed by atoms with E-state index in [0.29, 0.717) is 17.4 Å². The van der Waals surface area contributed by atoms with Crippen LogP contribution in [0.5, 0.6) is 0 Å². The topological polar surface area (TPSA) is 53.4 Å². The summed E-state index contributed by atoms with van der Waals surface area (Å²) in [6, 6.07) is 11.9. The fourth-order valence-electron chi connectivity index (χ4n) is 3.33. The monoisotopic (exact) mass is 310 g/mol. The van der Waals surface area contributed by atoms with E-state index in [1.54, 1.807) is 0 Å². The van der Waals surface area contributed by atoms with Crippen molar-refractivity contribution in [3.63, 3.8) is 0 Å². The standard InChI is InChI=1S/C19H22N2O2/c1-13-12-16(15-9-4-3-5-10-15)17(19(22)23)18(20-13)21-11-7-6-8-14(21)2/h3-5,9-10,12,14H,6-8,11H2,1-2H3,(H,22,23). The van der Waals surface area contributed by atoms with Crippen LogP contribution in [0.25, 0.3) is 11.1 Å². The van der Waals surface area contributed by atoms with Gasteiger partial charge in [0.15, 0.2) is 0 Å². The van der Waals surface area contributed by atoms with E-state index < -0.39 is 5.97 Å². The van der Waals surface area contributed by atoms with Crippen LogP contribution in [0.3, 0.4) is 0 Å². The first kappa shape index (κ1) is 15.5. The lowest BCUT2D eigenvalue weighted by molar-refractivity contribution is 0.0698. The van der Waals surface area contributed by atoms with E-state index in [4.69, 9.17) is 0 Å². The van der Waals surface area contributed by atoms with Gasteiger partial charge in [0.2, 0.25) is 0 Å². The van der Waals surface area contributed by atoms with Gasteiger partial charge in [-0.25, -0.2) is 9.78 Å². The van der Waals surface area contributed by atoms with Crippen LogP contribution in [0, 0.1) is 6.92 Å². The third-order valence-electron chi connectivity index (χ3n) is 4.50. The molecule has 1 N–H and O–H groups in total. The van der Waals surface area contributed by atoms with Gasteiger partial charge in [-0.1, -0.05) is 30.3 Å². The van der Waals surface area contributed by atoms with E-state index in [9.17, 15) is 9.90 Å². The summed E-state index contributed by atoms with van der Waals surface area (Å²) in [5.41, 5.74) is 2.83. The highest BCUT2D eigenvalue weighted by molar-refractivity contribution is 6.01. The molecule has 0 radical (unpaired) electrons. The van der Waals surface area contributed by atoms with Gasteiger partial charge in [-0.3, -0.25) is 0 Å². The summed E-state index contributed by atoms with van der Waals surface area (Å²) < 4.78 is 0. The zero-order valence-electron chi connectivity index (χ0n) is 13.6. The Morgan fingerprint density at radius 1 is 1.26 bits per heavy atom. The van der Waals surface area contributed by atoms with E-state index in [0.717, 1.165) is 36.2 Å². The zero-order valence-corrected chi connectivity index (χ0v) is 13.6. The lowest BCUT2D eigenvalue weighted by atomic mass is 9.97. The maximum absolute atomic E-state index is 12.0. The number of carbonyl (C=O) groups is 1. The van der Waals surface area contributed by atoms with Gasteiger partial charge in [-0.15, -0.1) is 0 Å². The molecule has 1 aliphatic heterocycles. The van der Waals surface area contributed by atoms with Gasteiger partial charge in [0.1, 0.15) is 11.4 Å². The molecule has 1 aromatic heterocycles. The third-order valence-corrected chi connectivity index (χ3v) is 4.50. The number of aromatic carboxylic acids is 1. The van der Waals surface area contributed by atoms with Gasteiger partial charge in [-0.05, 0) is 44.7 Å². The Hall–Kier alpha value is -2.36. The Balaban J connectivity index is 2.19. The van der Waals surface area contributed by atoms with Crippen molar-refractivity contribution >= 4 is 11.8 Å². The highest BCUT2D eigenvalue weighted by Gasteiger charge is 2.27. The van der Waals surface area contributed by atoms with Gasteiger partial charge in [0.25, 0.3) is 0 Å². The number of pyridine rings is 1. The van der Waals surface area contributed by atoms with Crippen molar-refractivity contribution in [1.29, 1.82) is 0 Å². The maximum Gasteiger partial charge on any atom is 0.340 e. The minimum absolute atomic E-state index is 0.315. The Morgan fingerprint density at radius 2 is 2.00 bits per heavy atom. The molecule has 0 saturated carbocycles. The molecule has 2 heterocycles. The second kappa shape index (κ2) is 6.41. The van der Waals surface area contributed by atoms with Crippen molar-refractivity contribution in [2.24, 2.45) is 0 Å². The summed E-state index contributed by atoms with van der Waals surface area (Å²) in [6.45, 7) is 4.94. The van der Waals surface area contributed by atoms with Crippen molar-refractivity contribution in [3.8, 4) is 11.1 Å². The number of benzene rings is 1. The number of aryl methyl sites for hydroxylation is 1. The summed E-state index contributed by atoms with van der Waals surface area (Å²) in [5, 5.41) is 9.85. The largest absolute Gasteiger partial charge is 0.478 e. The van der Waals surface area contributed by atoms with Crippen molar-refractivity contribution < 1.29 is 9.90 Å². The lowest BCUT2D eigenvalue weighted by Crippen LogP contribution is -2.39. The van der Waals surface area contributed by atoms with E-state index in [1.165, 1.54) is 6.42 Å². The van der Waals surface area contributed by atoms with E-state index in [1.807, 2.05) is 43.3 Å². The molecule has 0 aliphatic carbocycles. The fourth-order valence-corrected chi connectivity index (χ4v) is 3.33. The maximum atomic E-state index is 12.0. The van der Waals surface area contributed by atoms with Crippen LogP contribution in [0.4, 0.5) is 5.82 Å². The first-order valence-electron chi connectivity index (χ1n) is 8.15. The van der Waals surface area contributed by atoms with Gasteiger partial charge < -0.3 is 10.0 Å². The van der Waals surface area contributed by atoms with E-state index in [2.05, 4.69) is 16.8 Å². The quantitative estimate of drug-likeness (QED) is 0.926. The molecule has 4 nitrogen and oxygen atoms in total. The number of rotatable bonds is 3. The molecule has 4 heteroatoms. The summed E-state index contributed by atoms with van der Waals surface area (Å²) in [4.78, 5) is 18.8. The molecule has 3 rings (SSSR count). The van der Waals surface area contributed by atoms with Crippen LogP contribution in [0.2, 0.25) is 0 Å². The molecule has 1 atom stereocenters. The summed E-state index contributed by atoms with van der Waals surface area (Å²) >= 11 is 0. The molecule has 23 heavy (non-hydrogen) atoms. The number of hydrogen-bond acceptors (Lipinski definition) is 3. The minimum atomic E-state index is -0.913. The Labute approximate surface area is 136 Å². The number of carboxylic acids is 1. The zero-order chi connectivity index (χ0) is 16.4. The molecule has 0 amide bonds. The van der Waals surface area contributed by atoms with Crippen molar-refractivity contribution in [2.45, 2.75) is 39.2 Å². The van der Waals surface area contributed by atoms with E-state index in [-0.39, 0.29) is 0 Å². The van der Waals surface area contributed by atoms with Crippen LogP contribution < -0.4 is 4.90 Å². The van der Waals surface area contributed by atoms with Crippen molar-refractivity contribution in [3.05, 3.63) is 47.7 Å². The van der Waals surface area contributed by atoms with Gasteiger partial charge in [0, 0.05) is 23.8 Å². The molecule has 1 unspecified atom stereocenters. The van der Waals surface area contributed by atoms with Gasteiger partial charge >= 0.3 is 5.97 Å². The van der Waals surface area contributed by atoms with Crippen LogP contribution in [0.1, 0.15) is 42.2 Å². The SMILES string of the molecule is Cc1cc(-c2ccccc2)c(C(=O)O)c(N2CCCCC2C)n1. The predicted octanol–water partition coefficient (Wildman–Crippen LogP) is 4.13. The Bertz CT molecular complexity index is 713. The number of hydrogen-bond donors (Lipinski definition) is 1. The Morgan fingerprint density at radius 3 is 2.65 bits per heavy atom. The minimum Gasteiger partial charge on any atom is -0.478 e. The summed E-state index contributed by atoms with van der Waals surface area (Å²) in [5.74, 6) is -0.298. The molecular weight excluding hydrogens is 288 g/mol. The molecule has 1 aromatic carbocycles. The lowest BCUT2D eigenvalue weighted by Gasteiger charge is -2.35. The molecule has 1 fully saturated rings. The van der Waals surface area contributed by atoms with E-state index >= 15 is 0 Å².